The van der Waals surface area contributed by atoms with E-state index in [1.807, 2.05) is 33.8 Å². The number of hydrogen-bond acceptors (Lipinski definition) is 7. The first kappa shape index (κ1) is 18.0. The van der Waals surface area contributed by atoms with Crippen LogP contribution in [0.4, 0.5) is 0 Å². The Morgan fingerprint density at radius 3 is 2.50 bits per heavy atom. The first-order valence-corrected chi connectivity index (χ1v) is 8.11. The van der Waals surface area contributed by atoms with Crippen LogP contribution in [0.15, 0.2) is 30.5 Å². The molecule has 132 valence electrons. The van der Waals surface area contributed by atoms with Crippen molar-refractivity contribution in [2.24, 2.45) is 0 Å². The fourth-order valence-corrected chi connectivity index (χ4v) is 2.46. The molecule has 0 N–H and O–H groups in total. The second-order valence-corrected chi connectivity index (χ2v) is 6.94. The highest BCUT2D eigenvalue weighted by atomic mass is 16.7. The molecule has 0 atom stereocenters. The van der Waals surface area contributed by atoms with Crippen LogP contribution in [-0.2, 0) is 9.31 Å². The summed E-state index contributed by atoms with van der Waals surface area (Å²) in [6.07, 6.45) is 2.15. The van der Waals surface area contributed by atoms with Crippen LogP contribution in [-0.4, -0.2) is 34.6 Å². The van der Waals surface area contributed by atoms with E-state index in [2.05, 4.69) is 9.97 Å². The van der Waals surface area contributed by atoms with Gasteiger partial charge in [0.15, 0.2) is 0 Å². The average molecular weight is 351 g/mol. The molecule has 2 heterocycles. The van der Waals surface area contributed by atoms with Crippen LogP contribution in [0, 0.1) is 11.3 Å². The highest BCUT2D eigenvalue weighted by Gasteiger charge is 2.52. The molecule has 26 heavy (non-hydrogen) atoms. The van der Waals surface area contributed by atoms with Crippen LogP contribution in [0.3, 0.4) is 0 Å². The van der Waals surface area contributed by atoms with Crippen molar-refractivity contribution in [3.63, 3.8) is 0 Å². The lowest BCUT2D eigenvalue weighted by atomic mass is 9.76. The highest BCUT2D eigenvalue weighted by Crippen LogP contribution is 2.36. The van der Waals surface area contributed by atoms with Crippen LogP contribution in [0.5, 0.6) is 11.8 Å². The number of ether oxygens (including phenoxy) is 1. The summed E-state index contributed by atoms with van der Waals surface area (Å²) in [4.78, 5) is 19.5. The number of aromatic nitrogens is 2. The van der Waals surface area contributed by atoms with E-state index in [1.54, 1.807) is 18.2 Å². The quantitative estimate of drug-likeness (QED) is 0.616. The Labute approximate surface area is 152 Å². The molecule has 2 aromatic rings. The van der Waals surface area contributed by atoms with Crippen LogP contribution < -0.4 is 10.2 Å². The van der Waals surface area contributed by atoms with Gasteiger partial charge in [-0.1, -0.05) is 6.07 Å². The molecule has 7 nitrogen and oxygen atoms in total. The molecule has 0 aliphatic carbocycles. The van der Waals surface area contributed by atoms with Gasteiger partial charge in [0, 0.05) is 11.8 Å². The van der Waals surface area contributed by atoms with Crippen molar-refractivity contribution < 1.29 is 18.8 Å². The number of aldehydes is 1. The van der Waals surface area contributed by atoms with Crippen LogP contribution in [0.1, 0.15) is 43.7 Å². The van der Waals surface area contributed by atoms with Gasteiger partial charge in [-0.15, -0.1) is 0 Å². The fourth-order valence-electron chi connectivity index (χ4n) is 2.46. The maximum Gasteiger partial charge on any atom is 0.495 e. The topological polar surface area (TPSA) is 94.3 Å². The third-order valence-electron chi connectivity index (χ3n) is 4.65. The first-order valence-electron chi connectivity index (χ1n) is 8.11. The molecule has 0 bridgehead atoms. The Bertz CT molecular complexity index is 876. The molecular formula is C18H18BN3O4. The molecule has 0 unspecified atom stereocenters. The summed E-state index contributed by atoms with van der Waals surface area (Å²) in [6.45, 7) is 7.80. The van der Waals surface area contributed by atoms with E-state index in [0.29, 0.717) is 16.8 Å². The van der Waals surface area contributed by atoms with Gasteiger partial charge < -0.3 is 14.0 Å². The summed E-state index contributed by atoms with van der Waals surface area (Å²) in [5.41, 5.74) is 0.200. The number of rotatable bonds is 4. The van der Waals surface area contributed by atoms with Crippen molar-refractivity contribution in [1.29, 1.82) is 5.26 Å². The minimum Gasteiger partial charge on any atom is -0.424 e. The monoisotopic (exact) mass is 351 g/mol. The van der Waals surface area contributed by atoms with Crippen LogP contribution in [0.2, 0.25) is 0 Å². The number of hydrogen-bond donors (Lipinski definition) is 0. The second-order valence-electron chi connectivity index (χ2n) is 6.94. The van der Waals surface area contributed by atoms with Gasteiger partial charge in [-0.3, -0.25) is 4.79 Å². The lowest BCUT2D eigenvalue weighted by Gasteiger charge is -2.32. The molecule has 1 fully saturated rings. The van der Waals surface area contributed by atoms with Crippen molar-refractivity contribution in [2.75, 3.05) is 0 Å². The smallest absolute Gasteiger partial charge is 0.424 e. The summed E-state index contributed by atoms with van der Waals surface area (Å²) < 4.78 is 17.5. The van der Waals surface area contributed by atoms with Gasteiger partial charge in [0.05, 0.1) is 11.2 Å². The van der Waals surface area contributed by atoms with Gasteiger partial charge in [0.1, 0.15) is 23.8 Å². The number of benzene rings is 1. The Morgan fingerprint density at radius 2 is 1.88 bits per heavy atom. The Morgan fingerprint density at radius 1 is 1.19 bits per heavy atom. The van der Waals surface area contributed by atoms with Crippen molar-refractivity contribution >= 4 is 18.9 Å². The highest BCUT2D eigenvalue weighted by molar-refractivity contribution is 6.63. The van der Waals surface area contributed by atoms with E-state index in [0.717, 1.165) is 6.29 Å². The second kappa shape index (κ2) is 6.52. The SMILES string of the molecule is CC1(C)OB(c2ccc(Oc3nccc(C#N)n3)cc2C=O)OC1(C)C. The zero-order chi connectivity index (χ0) is 18.9. The Balaban J connectivity index is 1.87. The zero-order valence-electron chi connectivity index (χ0n) is 15.0. The third-order valence-corrected chi connectivity index (χ3v) is 4.65. The molecule has 1 aromatic carbocycles. The van der Waals surface area contributed by atoms with Gasteiger partial charge in [0.25, 0.3) is 0 Å². The number of carbonyl (C=O) groups is 1. The number of nitriles is 1. The van der Waals surface area contributed by atoms with Gasteiger partial charge in [-0.2, -0.15) is 10.2 Å². The maximum absolute atomic E-state index is 11.6. The molecule has 1 saturated heterocycles. The largest absolute Gasteiger partial charge is 0.495 e. The summed E-state index contributed by atoms with van der Waals surface area (Å²) in [5.74, 6) is 0.377. The molecule has 1 aliphatic heterocycles. The molecule has 1 aliphatic rings. The van der Waals surface area contributed by atoms with Gasteiger partial charge in [-0.05, 0) is 51.4 Å². The van der Waals surface area contributed by atoms with Crippen molar-refractivity contribution in [3.8, 4) is 17.8 Å². The van der Waals surface area contributed by atoms with E-state index in [9.17, 15) is 4.79 Å². The lowest BCUT2D eigenvalue weighted by molar-refractivity contribution is 0.00578. The number of nitrogens with zero attached hydrogens (tertiary/aromatic N) is 3. The van der Waals surface area contributed by atoms with Crippen LogP contribution in [0.25, 0.3) is 0 Å². The lowest BCUT2D eigenvalue weighted by Crippen LogP contribution is -2.41. The summed E-state index contributed by atoms with van der Waals surface area (Å²) in [7, 11) is -0.646. The van der Waals surface area contributed by atoms with Crippen LogP contribution >= 0.6 is 0 Å². The minimum atomic E-state index is -0.646. The van der Waals surface area contributed by atoms with E-state index < -0.39 is 18.3 Å². The maximum atomic E-state index is 11.6. The third kappa shape index (κ3) is 3.32. The van der Waals surface area contributed by atoms with E-state index >= 15 is 0 Å². The first-order chi connectivity index (χ1) is 12.3. The van der Waals surface area contributed by atoms with Gasteiger partial charge >= 0.3 is 13.1 Å². The summed E-state index contributed by atoms with van der Waals surface area (Å²) >= 11 is 0. The molecule has 1 aromatic heterocycles. The molecule has 3 rings (SSSR count). The Hall–Kier alpha value is -2.76. The zero-order valence-corrected chi connectivity index (χ0v) is 15.0. The van der Waals surface area contributed by atoms with E-state index in [1.165, 1.54) is 12.3 Å². The normalized spacial score (nSPS) is 17.6. The van der Waals surface area contributed by atoms with Gasteiger partial charge in [-0.25, -0.2) is 4.98 Å². The molecule has 0 spiro atoms. The standard InChI is InChI=1S/C18H18BN3O4/c1-17(2)18(3,4)26-19(25-17)15-6-5-14(9-12(15)11-23)24-16-21-8-7-13(10-20)22-16/h5-9,11H,1-4H3. The van der Waals surface area contributed by atoms with Crippen molar-refractivity contribution in [2.45, 2.75) is 38.9 Å². The molecule has 8 heteroatoms. The molecule has 0 radical (unpaired) electrons. The fraction of sp³-hybridized carbons (Fsp3) is 0.333. The average Bonchev–Trinajstić information content (AvgIpc) is 2.82. The summed E-state index contributed by atoms with van der Waals surface area (Å²) in [5, 5.41) is 8.88. The molecule has 0 amide bonds. The summed E-state index contributed by atoms with van der Waals surface area (Å²) in [6, 6.07) is 8.39. The Kier molecular flexibility index (Phi) is 4.53. The molecular weight excluding hydrogens is 333 g/mol. The predicted octanol–water partition coefficient (Wildman–Crippen LogP) is 2.25. The molecule has 0 saturated carbocycles. The number of carbonyl (C=O) groups excluding carboxylic acids is 1. The van der Waals surface area contributed by atoms with Gasteiger partial charge in [0.2, 0.25) is 0 Å². The predicted molar refractivity (Wildman–Crippen MR) is 94.4 cm³/mol. The minimum absolute atomic E-state index is 0.0317. The van der Waals surface area contributed by atoms with Crippen molar-refractivity contribution in [1.82, 2.24) is 9.97 Å². The van der Waals surface area contributed by atoms with E-state index in [-0.39, 0.29) is 11.7 Å². The van der Waals surface area contributed by atoms with Crippen molar-refractivity contribution in [3.05, 3.63) is 41.7 Å². The van der Waals surface area contributed by atoms with E-state index in [4.69, 9.17) is 19.3 Å².